The second-order valence-corrected chi connectivity index (χ2v) is 10.2. The fourth-order valence-corrected chi connectivity index (χ4v) is 5.71. The topological polar surface area (TPSA) is 124 Å². The van der Waals surface area contributed by atoms with Gasteiger partial charge < -0.3 is 20.1 Å². The van der Waals surface area contributed by atoms with Gasteiger partial charge in [0.05, 0.1) is 17.6 Å². The van der Waals surface area contributed by atoms with Gasteiger partial charge in [0, 0.05) is 57.4 Å². The Labute approximate surface area is 219 Å². The first-order valence-corrected chi connectivity index (χ1v) is 13.3. The minimum atomic E-state index is -0.507. The molecular formula is C27H32N8O3. The van der Waals surface area contributed by atoms with Crippen molar-refractivity contribution in [2.45, 2.75) is 45.3 Å². The van der Waals surface area contributed by atoms with Crippen molar-refractivity contribution in [3.8, 4) is 0 Å². The first kappa shape index (κ1) is 24.4. The Hall–Kier alpha value is -3.99. The van der Waals surface area contributed by atoms with Gasteiger partial charge in [-0.2, -0.15) is 0 Å². The number of hydrogen-bond acceptors (Lipinski definition) is 7. The van der Waals surface area contributed by atoms with E-state index in [4.69, 9.17) is 5.73 Å². The molecule has 11 nitrogen and oxygen atoms in total. The van der Waals surface area contributed by atoms with Crippen LogP contribution in [0.2, 0.25) is 0 Å². The molecular weight excluding hydrogens is 484 g/mol. The van der Waals surface area contributed by atoms with E-state index in [1.54, 1.807) is 18.1 Å². The number of fused-ring (bicyclic) bond motifs is 2. The molecule has 2 N–H and O–H groups in total. The largest absolute Gasteiger partial charge is 0.356 e. The van der Waals surface area contributed by atoms with Gasteiger partial charge in [-0.15, -0.1) is 0 Å². The van der Waals surface area contributed by atoms with Gasteiger partial charge in [0.25, 0.3) is 11.5 Å². The molecule has 0 aliphatic carbocycles. The minimum Gasteiger partial charge on any atom is -0.356 e. The molecule has 5 heterocycles. The number of nitrogens with zero attached hydrogens (tertiary/aromatic N) is 7. The standard InChI is InChI=1S/C27H32N8O3/c1-3-34-23-22(21(25(36)32-12-7-13-32)24(34)33-11-6-9-18(28)15-33)31(2)27(38)35(26(23)37)16-20-29-14-17-8-4-5-10-19(17)30-20/h4-5,8,10,14,18H,3,6-7,9,11-13,15-16,28H2,1-2H3/t18-/m1/s1. The molecule has 2 saturated heterocycles. The summed E-state index contributed by atoms with van der Waals surface area (Å²) in [5.41, 5.74) is 7.24. The minimum absolute atomic E-state index is 0.0236. The Kier molecular flexibility index (Phi) is 6.02. The van der Waals surface area contributed by atoms with Crippen LogP contribution in [0.25, 0.3) is 21.9 Å². The highest BCUT2D eigenvalue weighted by atomic mass is 16.2. The molecule has 0 saturated carbocycles. The fourth-order valence-electron chi connectivity index (χ4n) is 5.71. The third-order valence-electron chi connectivity index (χ3n) is 7.78. The van der Waals surface area contributed by atoms with Crippen LogP contribution in [0.1, 0.15) is 42.4 Å². The van der Waals surface area contributed by atoms with Crippen LogP contribution >= 0.6 is 0 Å². The maximum Gasteiger partial charge on any atom is 0.331 e. The first-order valence-electron chi connectivity index (χ1n) is 13.3. The van der Waals surface area contributed by atoms with Gasteiger partial charge in [-0.1, -0.05) is 18.2 Å². The van der Waals surface area contributed by atoms with Crippen molar-refractivity contribution in [1.29, 1.82) is 0 Å². The summed E-state index contributed by atoms with van der Waals surface area (Å²) in [6.45, 7) is 5.00. The lowest BCUT2D eigenvalue weighted by Crippen LogP contribution is -2.46. The summed E-state index contributed by atoms with van der Waals surface area (Å²) >= 11 is 0. The molecule has 11 heteroatoms. The monoisotopic (exact) mass is 516 g/mol. The van der Waals surface area contributed by atoms with Crippen molar-refractivity contribution in [3.63, 3.8) is 0 Å². The third-order valence-corrected chi connectivity index (χ3v) is 7.78. The van der Waals surface area contributed by atoms with E-state index in [1.807, 2.05) is 35.8 Å². The molecule has 4 aromatic rings. The van der Waals surface area contributed by atoms with Crippen LogP contribution in [-0.2, 0) is 20.1 Å². The third kappa shape index (κ3) is 3.80. The number of carbonyl (C=O) groups is 1. The van der Waals surface area contributed by atoms with Crippen molar-refractivity contribution in [2.24, 2.45) is 12.8 Å². The predicted molar refractivity (Wildman–Crippen MR) is 146 cm³/mol. The summed E-state index contributed by atoms with van der Waals surface area (Å²) < 4.78 is 4.49. The molecule has 0 radical (unpaired) electrons. The number of piperidine rings is 1. The molecule has 3 aromatic heterocycles. The number of anilines is 1. The lowest BCUT2D eigenvalue weighted by Gasteiger charge is -2.35. The number of rotatable bonds is 5. The van der Waals surface area contributed by atoms with Crippen molar-refractivity contribution in [1.82, 2.24) is 28.6 Å². The molecule has 0 spiro atoms. The van der Waals surface area contributed by atoms with Gasteiger partial charge in [0.1, 0.15) is 22.7 Å². The number of para-hydroxylation sites is 1. The summed E-state index contributed by atoms with van der Waals surface area (Å²) in [7, 11) is 1.63. The molecule has 2 aliphatic heterocycles. The van der Waals surface area contributed by atoms with Crippen molar-refractivity contribution >= 4 is 33.7 Å². The van der Waals surface area contributed by atoms with E-state index < -0.39 is 11.2 Å². The lowest BCUT2D eigenvalue weighted by atomic mass is 10.1. The van der Waals surface area contributed by atoms with Crippen LogP contribution in [0, 0.1) is 0 Å². The van der Waals surface area contributed by atoms with Crippen molar-refractivity contribution < 1.29 is 4.79 Å². The van der Waals surface area contributed by atoms with Gasteiger partial charge in [-0.3, -0.25) is 18.7 Å². The second-order valence-electron chi connectivity index (χ2n) is 10.2. The first-order chi connectivity index (χ1) is 18.4. The lowest BCUT2D eigenvalue weighted by molar-refractivity contribution is 0.0653. The van der Waals surface area contributed by atoms with E-state index in [0.717, 1.165) is 36.7 Å². The molecule has 1 amide bonds. The molecule has 1 aromatic carbocycles. The number of hydrogen-bond donors (Lipinski definition) is 1. The molecule has 198 valence electrons. The van der Waals surface area contributed by atoms with Crippen molar-refractivity contribution in [3.05, 3.63) is 62.7 Å². The maximum atomic E-state index is 14.0. The highest BCUT2D eigenvalue weighted by Gasteiger charge is 2.35. The Morgan fingerprint density at radius 3 is 2.58 bits per heavy atom. The number of benzene rings is 1. The van der Waals surface area contributed by atoms with Crippen LogP contribution < -0.4 is 21.9 Å². The predicted octanol–water partition coefficient (Wildman–Crippen LogP) is 1.29. The van der Waals surface area contributed by atoms with Crippen molar-refractivity contribution in [2.75, 3.05) is 31.1 Å². The summed E-state index contributed by atoms with van der Waals surface area (Å²) in [5, 5.41) is 0.880. The normalized spacial score (nSPS) is 17.8. The SMILES string of the molecule is CCn1c(N2CCC[C@@H](N)C2)c(C(=O)N2CCC2)c2c1c(=O)n(Cc1ncc3ccccc3n1)c(=O)n2C. The van der Waals surface area contributed by atoms with Gasteiger partial charge in [0.15, 0.2) is 0 Å². The molecule has 6 rings (SSSR count). The summed E-state index contributed by atoms with van der Waals surface area (Å²) in [4.78, 5) is 54.4. The Morgan fingerprint density at radius 2 is 1.87 bits per heavy atom. The number of aromatic nitrogens is 5. The van der Waals surface area contributed by atoms with E-state index >= 15 is 0 Å². The number of carbonyl (C=O) groups excluding carboxylic acids is 1. The van der Waals surface area contributed by atoms with Gasteiger partial charge >= 0.3 is 5.69 Å². The Balaban J connectivity index is 1.58. The highest BCUT2D eigenvalue weighted by Crippen LogP contribution is 2.34. The molecule has 0 unspecified atom stereocenters. The van der Waals surface area contributed by atoms with Crippen LogP contribution in [-0.4, -0.2) is 66.7 Å². The average Bonchev–Trinajstić information content (AvgIpc) is 3.24. The molecule has 38 heavy (non-hydrogen) atoms. The molecule has 2 fully saturated rings. The van der Waals surface area contributed by atoms with Gasteiger partial charge in [-0.05, 0) is 32.3 Å². The van der Waals surface area contributed by atoms with Crippen LogP contribution in [0.5, 0.6) is 0 Å². The maximum absolute atomic E-state index is 14.0. The van der Waals surface area contributed by atoms with Crippen LogP contribution in [0.4, 0.5) is 5.82 Å². The van der Waals surface area contributed by atoms with E-state index in [9.17, 15) is 14.4 Å². The van der Waals surface area contributed by atoms with E-state index in [1.165, 1.54) is 9.13 Å². The molecule has 0 bridgehead atoms. The molecule has 1 atom stereocenters. The Morgan fingerprint density at radius 1 is 1.08 bits per heavy atom. The number of likely N-dealkylation sites (tertiary alicyclic amines) is 1. The summed E-state index contributed by atoms with van der Waals surface area (Å²) in [6, 6.07) is 7.55. The summed E-state index contributed by atoms with van der Waals surface area (Å²) in [6.07, 6.45) is 4.45. The smallest absolute Gasteiger partial charge is 0.331 e. The average molecular weight is 517 g/mol. The quantitative estimate of drug-likeness (QED) is 0.424. The van der Waals surface area contributed by atoms with Gasteiger partial charge in [-0.25, -0.2) is 14.8 Å². The zero-order valence-corrected chi connectivity index (χ0v) is 21.8. The van der Waals surface area contributed by atoms with E-state index in [0.29, 0.717) is 54.4 Å². The van der Waals surface area contributed by atoms with Crippen LogP contribution in [0.3, 0.4) is 0 Å². The zero-order chi connectivity index (χ0) is 26.6. The van der Waals surface area contributed by atoms with Gasteiger partial charge in [0.2, 0.25) is 0 Å². The number of nitrogens with two attached hydrogens (primary N) is 1. The Bertz CT molecular complexity index is 1680. The second kappa shape index (κ2) is 9.39. The zero-order valence-electron chi connectivity index (χ0n) is 21.8. The van der Waals surface area contributed by atoms with E-state index in [-0.39, 0.29) is 18.5 Å². The van der Waals surface area contributed by atoms with Crippen LogP contribution in [0.15, 0.2) is 40.1 Å². The fraction of sp³-hybridized carbons (Fsp3) is 0.444. The molecule has 2 aliphatic rings. The van der Waals surface area contributed by atoms with E-state index in [2.05, 4.69) is 14.9 Å². The number of aryl methyl sites for hydroxylation is 2. The highest BCUT2D eigenvalue weighted by molar-refractivity contribution is 6.11. The summed E-state index contributed by atoms with van der Waals surface area (Å²) in [5.74, 6) is 0.907. The number of amides is 1.